The molecule has 1 unspecified atom stereocenters. The Kier molecular flexibility index (Phi) is 3.56. The van der Waals surface area contributed by atoms with Crippen molar-refractivity contribution in [1.29, 1.82) is 0 Å². The van der Waals surface area contributed by atoms with Crippen LogP contribution in [0.5, 0.6) is 0 Å². The van der Waals surface area contributed by atoms with Gasteiger partial charge in [0, 0.05) is 37.4 Å². The number of aromatic nitrogens is 2. The summed E-state index contributed by atoms with van der Waals surface area (Å²) in [7, 11) is 0. The van der Waals surface area contributed by atoms with Gasteiger partial charge in [0.05, 0.1) is 0 Å². The Morgan fingerprint density at radius 1 is 1.30 bits per heavy atom. The summed E-state index contributed by atoms with van der Waals surface area (Å²) in [5.74, 6) is 0.138. The number of nitrogens with zero attached hydrogens (tertiary/aromatic N) is 3. The topological polar surface area (TPSA) is 84.1 Å². The molecule has 1 atom stereocenters. The minimum absolute atomic E-state index is 0.285. The lowest BCUT2D eigenvalue weighted by Crippen LogP contribution is -2.51. The van der Waals surface area contributed by atoms with Crippen LogP contribution >= 0.6 is 0 Å². The van der Waals surface area contributed by atoms with Gasteiger partial charge in [-0.25, -0.2) is 9.97 Å². The molecule has 0 bridgehead atoms. The van der Waals surface area contributed by atoms with Crippen LogP contribution in [0.25, 0.3) is 0 Å². The number of hydrogen-bond donors (Lipinski definition) is 2. The van der Waals surface area contributed by atoms with Crippen LogP contribution in [-0.4, -0.2) is 42.1 Å². The van der Waals surface area contributed by atoms with E-state index in [1.807, 2.05) is 0 Å². The highest BCUT2D eigenvalue weighted by Crippen LogP contribution is 2.37. The van der Waals surface area contributed by atoms with E-state index < -0.39 is 5.91 Å². The standard InChI is InChI=1S/C14H21N5O/c15-12(20)11-13(18-7-6-17-11)19-8-2-4-14(10-19)3-1-5-16-9-14/h6-7,16H,1-5,8-10H2,(H2,15,20). The van der Waals surface area contributed by atoms with Gasteiger partial charge >= 0.3 is 0 Å². The third-order valence-corrected chi connectivity index (χ3v) is 4.43. The second-order valence-electron chi connectivity index (χ2n) is 5.90. The van der Waals surface area contributed by atoms with Crippen LogP contribution in [0.1, 0.15) is 36.2 Å². The number of hydrogen-bond acceptors (Lipinski definition) is 5. The number of primary amides is 1. The number of nitrogens with one attached hydrogen (secondary N) is 1. The number of nitrogens with two attached hydrogens (primary N) is 1. The first-order chi connectivity index (χ1) is 9.70. The smallest absolute Gasteiger partial charge is 0.271 e. The number of anilines is 1. The van der Waals surface area contributed by atoms with Crippen LogP contribution in [0, 0.1) is 5.41 Å². The van der Waals surface area contributed by atoms with Gasteiger partial charge in [-0.2, -0.15) is 0 Å². The van der Waals surface area contributed by atoms with E-state index >= 15 is 0 Å². The second-order valence-corrected chi connectivity index (χ2v) is 5.90. The van der Waals surface area contributed by atoms with Crippen molar-refractivity contribution in [2.75, 3.05) is 31.1 Å². The van der Waals surface area contributed by atoms with Gasteiger partial charge in [0.15, 0.2) is 11.5 Å². The second kappa shape index (κ2) is 5.36. The molecule has 108 valence electrons. The lowest BCUT2D eigenvalue weighted by Gasteiger charge is -2.46. The summed E-state index contributed by atoms with van der Waals surface area (Å²) < 4.78 is 0. The Bertz CT molecular complexity index is 493. The van der Waals surface area contributed by atoms with Crippen molar-refractivity contribution in [1.82, 2.24) is 15.3 Å². The molecule has 2 aliphatic rings. The van der Waals surface area contributed by atoms with Gasteiger partial charge in [-0.05, 0) is 32.2 Å². The zero-order chi connectivity index (χ0) is 14.0. The number of rotatable bonds is 2. The normalized spacial score (nSPS) is 26.7. The van der Waals surface area contributed by atoms with E-state index in [0.29, 0.717) is 11.2 Å². The minimum Gasteiger partial charge on any atom is -0.364 e. The Labute approximate surface area is 118 Å². The molecule has 1 amide bonds. The molecule has 0 radical (unpaired) electrons. The van der Waals surface area contributed by atoms with Crippen LogP contribution < -0.4 is 16.0 Å². The van der Waals surface area contributed by atoms with Gasteiger partial charge in [0.25, 0.3) is 5.91 Å². The predicted octanol–water partition coefficient (Wildman–Crippen LogP) is 0.545. The van der Waals surface area contributed by atoms with Crippen molar-refractivity contribution < 1.29 is 4.79 Å². The van der Waals surface area contributed by atoms with Crippen molar-refractivity contribution in [3.05, 3.63) is 18.1 Å². The molecule has 6 nitrogen and oxygen atoms in total. The van der Waals surface area contributed by atoms with E-state index in [4.69, 9.17) is 5.73 Å². The summed E-state index contributed by atoms with van der Waals surface area (Å²) in [6.07, 6.45) is 7.96. The molecule has 0 aliphatic carbocycles. The molecular formula is C14H21N5O. The summed E-state index contributed by atoms with van der Waals surface area (Å²) >= 11 is 0. The fraction of sp³-hybridized carbons (Fsp3) is 0.643. The first-order valence-corrected chi connectivity index (χ1v) is 7.27. The zero-order valence-corrected chi connectivity index (χ0v) is 11.6. The molecule has 2 aliphatic heterocycles. The molecule has 0 aromatic carbocycles. The van der Waals surface area contributed by atoms with Crippen molar-refractivity contribution >= 4 is 11.7 Å². The maximum atomic E-state index is 11.5. The molecule has 20 heavy (non-hydrogen) atoms. The van der Waals surface area contributed by atoms with Crippen molar-refractivity contribution in [3.63, 3.8) is 0 Å². The Hall–Kier alpha value is -1.69. The first kappa shape index (κ1) is 13.3. The molecule has 1 spiro atoms. The third-order valence-electron chi connectivity index (χ3n) is 4.43. The Morgan fingerprint density at radius 2 is 2.10 bits per heavy atom. The Balaban J connectivity index is 1.85. The fourth-order valence-electron chi connectivity index (χ4n) is 3.50. The van der Waals surface area contributed by atoms with Crippen LogP contribution in [0.15, 0.2) is 12.4 Å². The van der Waals surface area contributed by atoms with E-state index in [0.717, 1.165) is 32.6 Å². The van der Waals surface area contributed by atoms with E-state index in [2.05, 4.69) is 20.2 Å². The molecule has 3 N–H and O–H groups in total. The summed E-state index contributed by atoms with van der Waals surface area (Å²) in [6, 6.07) is 0. The highest BCUT2D eigenvalue weighted by Gasteiger charge is 2.37. The summed E-state index contributed by atoms with van der Waals surface area (Å²) in [5.41, 5.74) is 6.00. The number of piperidine rings is 2. The average Bonchev–Trinajstić information content (AvgIpc) is 2.48. The molecule has 3 rings (SSSR count). The first-order valence-electron chi connectivity index (χ1n) is 7.27. The van der Waals surface area contributed by atoms with E-state index in [1.54, 1.807) is 6.20 Å². The van der Waals surface area contributed by atoms with E-state index in [9.17, 15) is 4.79 Å². The lowest BCUT2D eigenvalue weighted by atomic mass is 9.74. The van der Waals surface area contributed by atoms with Gasteiger partial charge in [-0.1, -0.05) is 0 Å². The molecular weight excluding hydrogens is 254 g/mol. The van der Waals surface area contributed by atoms with Crippen LogP contribution in [-0.2, 0) is 0 Å². The molecule has 2 fully saturated rings. The summed E-state index contributed by atoms with van der Waals surface area (Å²) in [6.45, 7) is 4.01. The number of carbonyl (C=O) groups excluding carboxylic acids is 1. The Morgan fingerprint density at radius 3 is 2.85 bits per heavy atom. The van der Waals surface area contributed by atoms with Crippen molar-refractivity contribution in [2.45, 2.75) is 25.7 Å². The maximum Gasteiger partial charge on any atom is 0.271 e. The van der Waals surface area contributed by atoms with Crippen molar-refractivity contribution in [3.8, 4) is 0 Å². The highest BCUT2D eigenvalue weighted by molar-refractivity contribution is 5.95. The largest absolute Gasteiger partial charge is 0.364 e. The quantitative estimate of drug-likeness (QED) is 0.823. The van der Waals surface area contributed by atoms with Gasteiger partial charge < -0.3 is 16.0 Å². The van der Waals surface area contributed by atoms with Gasteiger partial charge in [0.1, 0.15) is 0 Å². The van der Waals surface area contributed by atoms with Gasteiger partial charge in [-0.3, -0.25) is 4.79 Å². The minimum atomic E-state index is -0.505. The molecule has 1 aromatic rings. The van der Waals surface area contributed by atoms with Crippen molar-refractivity contribution in [2.24, 2.45) is 11.1 Å². The SMILES string of the molecule is NC(=O)c1nccnc1N1CCCC2(CCCNC2)C1. The average molecular weight is 275 g/mol. The van der Waals surface area contributed by atoms with Crippen LogP contribution in [0.4, 0.5) is 5.82 Å². The molecule has 2 saturated heterocycles. The number of amides is 1. The molecule has 3 heterocycles. The maximum absolute atomic E-state index is 11.5. The predicted molar refractivity (Wildman–Crippen MR) is 76.5 cm³/mol. The monoisotopic (exact) mass is 275 g/mol. The number of carbonyl (C=O) groups is 1. The van der Waals surface area contributed by atoms with E-state index in [1.165, 1.54) is 25.5 Å². The van der Waals surface area contributed by atoms with Gasteiger partial charge in [0.2, 0.25) is 0 Å². The third kappa shape index (κ3) is 2.47. The van der Waals surface area contributed by atoms with Gasteiger partial charge in [-0.15, -0.1) is 0 Å². The van der Waals surface area contributed by atoms with Crippen LogP contribution in [0.3, 0.4) is 0 Å². The molecule has 0 saturated carbocycles. The summed E-state index contributed by atoms with van der Waals surface area (Å²) in [4.78, 5) is 22.1. The fourth-order valence-corrected chi connectivity index (χ4v) is 3.50. The van der Waals surface area contributed by atoms with E-state index in [-0.39, 0.29) is 5.69 Å². The molecule has 6 heteroatoms. The molecule has 1 aromatic heterocycles. The van der Waals surface area contributed by atoms with Crippen LogP contribution in [0.2, 0.25) is 0 Å². The lowest BCUT2D eigenvalue weighted by molar-refractivity contribution is 0.0995. The highest BCUT2D eigenvalue weighted by atomic mass is 16.1. The summed E-state index contributed by atoms with van der Waals surface area (Å²) in [5, 5.41) is 3.50. The zero-order valence-electron chi connectivity index (χ0n) is 11.6.